The SMILES string of the molecule is CC(=O)c1ccc(-c2ccc3c(c2)C(=O)N(C(C)(C)C)C3=O)cc1C(C)=O. The summed E-state index contributed by atoms with van der Waals surface area (Å²) >= 11 is 0. The third kappa shape index (κ3) is 3.10. The van der Waals surface area contributed by atoms with Crippen LogP contribution in [-0.4, -0.2) is 33.8 Å². The van der Waals surface area contributed by atoms with Gasteiger partial charge in [-0.25, -0.2) is 0 Å². The van der Waals surface area contributed by atoms with Gasteiger partial charge in [0, 0.05) is 16.7 Å². The van der Waals surface area contributed by atoms with E-state index >= 15 is 0 Å². The molecule has 0 radical (unpaired) electrons. The average Bonchev–Trinajstić information content (AvgIpc) is 2.84. The normalized spacial score (nSPS) is 13.7. The van der Waals surface area contributed by atoms with Crippen LogP contribution in [0.15, 0.2) is 36.4 Å². The molecule has 2 amide bonds. The van der Waals surface area contributed by atoms with Gasteiger partial charge in [-0.15, -0.1) is 0 Å². The summed E-state index contributed by atoms with van der Waals surface area (Å²) in [4.78, 5) is 50.3. The van der Waals surface area contributed by atoms with Crippen molar-refractivity contribution in [2.75, 3.05) is 0 Å². The van der Waals surface area contributed by atoms with Crippen molar-refractivity contribution in [3.63, 3.8) is 0 Å². The molecule has 27 heavy (non-hydrogen) atoms. The van der Waals surface area contributed by atoms with E-state index in [9.17, 15) is 19.2 Å². The molecule has 2 aromatic carbocycles. The maximum Gasteiger partial charge on any atom is 0.262 e. The second kappa shape index (κ2) is 6.27. The molecule has 0 unspecified atom stereocenters. The van der Waals surface area contributed by atoms with Gasteiger partial charge in [-0.2, -0.15) is 0 Å². The number of carbonyl (C=O) groups is 4. The molecule has 138 valence electrons. The van der Waals surface area contributed by atoms with Crippen LogP contribution >= 0.6 is 0 Å². The highest BCUT2D eigenvalue weighted by molar-refractivity contribution is 6.22. The monoisotopic (exact) mass is 363 g/mol. The Morgan fingerprint density at radius 2 is 1.26 bits per heavy atom. The lowest BCUT2D eigenvalue weighted by Crippen LogP contribution is -2.45. The molecule has 0 fully saturated rings. The number of hydrogen-bond acceptors (Lipinski definition) is 4. The quantitative estimate of drug-likeness (QED) is 0.606. The van der Waals surface area contributed by atoms with Crippen LogP contribution < -0.4 is 0 Å². The number of fused-ring (bicyclic) bond motifs is 1. The number of rotatable bonds is 3. The van der Waals surface area contributed by atoms with E-state index in [0.29, 0.717) is 33.4 Å². The zero-order chi connectivity index (χ0) is 20.1. The predicted molar refractivity (Wildman–Crippen MR) is 102 cm³/mol. The first-order valence-corrected chi connectivity index (χ1v) is 8.71. The number of hydrogen-bond donors (Lipinski definition) is 0. The molecule has 1 aliphatic rings. The maximum absolute atomic E-state index is 12.8. The van der Waals surface area contributed by atoms with Crippen molar-refractivity contribution in [2.24, 2.45) is 0 Å². The first-order valence-electron chi connectivity index (χ1n) is 8.71. The summed E-state index contributed by atoms with van der Waals surface area (Å²) in [5.74, 6) is -1.00. The summed E-state index contributed by atoms with van der Waals surface area (Å²) in [5.41, 5.74) is 2.26. The Kier molecular flexibility index (Phi) is 4.34. The molecule has 0 atom stereocenters. The molecular weight excluding hydrogens is 342 g/mol. The molecule has 2 aromatic rings. The van der Waals surface area contributed by atoms with Crippen molar-refractivity contribution in [2.45, 2.75) is 40.2 Å². The minimum atomic E-state index is -0.613. The minimum absolute atomic E-state index is 0.178. The summed E-state index contributed by atoms with van der Waals surface area (Å²) in [5, 5.41) is 0. The Balaban J connectivity index is 2.11. The number of Topliss-reactive ketones (excluding diaryl/α,β-unsaturated/α-hetero) is 2. The van der Waals surface area contributed by atoms with E-state index in [4.69, 9.17) is 0 Å². The first kappa shape index (κ1) is 18.7. The fourth-order valence-electron chi connectivity index (χ4n) is 3.35. The number of amides is 2. The van der Waals surface area contributed by atoms with Gasteiger partial charge < -0.3 is 0 Å². The van der Waals surface area contributed by atoms with E-state index in [1.165, 1.54) is 18.7 Å². The van der Waals surface area contributed by atoms with Gasteiger partial charge in [0.15, 0.2) is 11.6 Å². The van der Waals surface area contributed by atoms with Gasteiger partial charge in [-0.1, -0.05) is 18.2 Å². The number of ketones is 2. The van der Waals surface area contributed by atoms with Crippen LogP contribution in [0.4, 0.5) is 0 Å². The molecule has 5 heteroatoms. The summed E-state index contributed by atoms with van der Waals surface area (Å²) < 4.78 is 0. The van der Waals surface area contributed by atoms with Crippen LogP contribution in [0.2, 0.25) is 0 Å². The Morgan fingerprint density at radius 1 is 0.741 bits per heavy atom. The summed E-state index contributed by atoms with van der Waals surface area (Å²) in [6.07, 6.45) is 0. The van der Waals surface area contributed by atoms with Crippen LogP contribution in [0, 0.1) is 0 Å². The van der Waals surface area contributed by atoms with Crippen LogP contribution in [-0.2, 0) is 0 Å². The van der Waals surface area contributed by atoms with E-state index in [1.54, 1.807) is 36.4 Å². The number of nitrogens with zero attached hydrogens (tertiary/aromatic N) is 1. The van der Waals surface area contributed by atoms with Gasteiger partial charge in [0.25, 0.3) is 11.8 Å². The molecule has 0 N–H and O–H groups in total. The largest absolute Gasteiger partial charge is 0.294 e. The molecule has 1 aliphatic heterocycles. The molecule has 0 aromatic heterocycles. The number of benzene rings is 2. The van der Waals surface area contributed by atoms with Crippen molar-refractivity contribution in [1.29, 1.82) is 0 Å². The third-order valence-corrected chi connectivity index (χ3v) is 4.67. The van der Waals surface area contributed by atoms with Crippen LogP contribution in [0.25, 0.3) is 11.1 Å². The van der Waals surface area contributed by atoms with Crippen LogP contribution in [0.3, 0.4) is 0 Å². The van der Waals surface area contributed by atoms with E-state index < -0.39 is 5.54 Å². The van der Waals surface area contributed by atoms with Gasteiger partial charge >= 0.3 is 0 Å². The fourth-order valence-corrected chi connectivity index (χ4v) is 3.35. The van der Waals surface area contributed by atoms with Crippen molar-refractivity contribution >= 4 is 23.4 Å². The van der Waals surface area contributed by atoms with E-state index in [2.05, 4.69) is 0 Å². The summed E-state index contributed by atoms with van der Waals surface area (Å²) in [7, 11) is 0. The second-order valence-electron chi connectivity index (χ2n) is 7.75. The molecule has 0 aliphatic carbocycles. The molecule has 0 saturated carbocycles. The molecule has 5 nitrogen and oxygen atoms in total. The Hall–Kier alpha value is -3.08. The molecule has 0 bridgehead atoms. The lowest BCUT2D eigenvalue weighted by Gasteiger charge is -2.29. The average molecular weight is 363 g/mol. The lowest BCUT2D eigenvalue weighted by molar-refractivity contribution is 0.0507. The topological polar surface area (TPSA) is 71.5 Å². The standard InChI is InChI=1S/C22H21NO4/c1-12(24)16-8-6-14(10-18(16)13(2)25)15-7-9-17-19(11-15)21(27)23(20(17)26)22(3,4)5/h6-11H,1-5H3. The molecule has 0 saturated heterocycles. The highest BCUT2D eigenvalue weighted by atomic mass is 16.2. The fraction of sp³-hybridized carbons (Fsp3) is 0.273. The van der Waals surface area contributed by atoms with E-state index in [0.717, 1.165) is 0 Å². The Morgan fingerprint density at radius 3 is 1.81 bits per heavy atom. The van der Waals surface area contributed by atoms with Crippen LogP contribution in [0.5, 0.6) is 0 Å². The summed E-state index contributed by atoms with van der Waals surface area (Å²) in [6, 6.07) is 10.1. The van der Waals surface area contributed by atoms with Crippen molar-refractivity contribution in [1.82, 2.24) is 4.90 Å². The van der Waals surface area contributed by atoms with Gasteiger partial charge in [-0.3, -0.25) is 24.1 Å². The van der Waals surface area contributed by atoms with Gasteiger partial charge in [0.1, 0.15) is 0 Å². The van der Waals surface area contributed by atoms with E-state index in [1.807, 2.05) is 20.8 Å². The molecule has 1 heterocycles. The molecule has 3 rings (SSSR count). The Bertz CT molecular complexity index is 1010. The number of imide groups is 1. The Labute approximate surface area is 158 Å². The zero-order valence-electron chi connectivity index (χ0n) is 16.0. The van der Waals surface area contributed by atoms with Crippen LogP contribution in [0.1, 0.15) is 76.1 Å². The predicted octanol–water partition coefficient (Wildman–Crippen LogP) is 4.15. The minimum Gasteiger partial charge on any atom is -0.294 e. The van der Waals surface area contributed by atoms with Crippen molar-refractivity contribution in [3.05, 3.63) is 58.7 Å². The smallest absolute Gasteiger partial charge is 0.262 e. The molecular formula is C22H21NO4. The lowest BCUT2D eigenvalue weighted by atomic mass is 9.94. The third-order valence-electron chi connectivity index (χ3n) is 4.67. The van der Waals surface area contributed by atoms with Gasteiger partial charge in [-0.05, 0) is 63.9 Å². The second-order valence-corrected chi connectivity index (χ2v) is 7.75. The van der Waals surface area contributed by atoms with Gasteiger partial charge in [0.05, 0.1) is 11.1 Å². The highest BCUT2D eigenvalue weighted by Gasteiger charge is 2.41. The van der Waals surface area contributed by atoms with E-state index in [-0.39, 0.29) is 23.4 Å². The number of carbonyl (C=O) groups excluding carboxylic acids is 4. The van der Waals surface area contributed by atoms with Crippen molar-refractivity contribution < 1.29 is 19.2 Å². The first-order chi connectivity index (χ1) is 12.5. The van der Waals surface area contributed by atoms with Gasteiger partial charge in [0.2, 0.25) is 0 Å². The van der Waals surface area contributed by atoms with Crippen molar-refractivity contribution in [3.8, 4) is 11.1 Å². The maximum atomic E-state index is 12.8. The molecule has 0 spiro atoms. The highest BCUT2D eigenvalue weighted by Crippen LogP contribution is 2.33. The zero-order valence-corrected chi connectivity index (χ0v) is 16.0. The summed E-state index contributed by atoms with van der Waals surface area (Å²) in [6.45, 7) is 8.28.